The van der Waals surface area contributed by atoms with Crippen molar-refractivity contribution in [2.24, 2.45) is 0 Å². The lowest BCUT2D eigenvalue weighted by atomic mass is 10.2. The Morgan fingerprint density at radius 3 is 2.48 bits per heavy atom. The molecule has 23 heavy (non-hydrogen) atoms. The highest BCUT2D eigenvalue weighted by Gasteiger charge is 2.12. The first-order valence-electron chi connectivity index (χ1n) is 6.97. The Kier molecular flexibility index (Phi) is 4.90. The number of hydrogen-bond acceptors (Lipinski definition) is 4. The molecular weight excluding hydrogens is 351 g/mol. The average molecular weight is 365 g/mol. The van der Waals surface area contributed by atoms with E-state index in [9.17, 15) is 0 Å². The van der Waals surface area contributed by atoms with Gasteiger partial charge in [-0.15, -0.1) is 10.2 Å². The first-order chi connectivity index (χ1) is 11.0. The number of hydrogen-bond donors (Lipinski definition) is 0. The van der Waals surface area contributed by atoms with Crippen LogP contribution in [0.25, 0.3) is 5.69 Å². The van der Waals surface area contributed by atoms with E-state index >= 15 is 0 Å². The van der Waals surface area contributed by atoms with Crippen molar-refractivity contribution in [1.82, 2.24) is 19.7 Å². The van der Waals surface area contributed by atoms with E-state index in [0.29, 0.717) is 16.1 Å². The summed E-state index contributed by atoms with van der Waals surface area (Å²) in [4.78, 5) is 3.96. The minimum atomic E-state index is 0.393. The highest BCUT2D eigenvalue weighted by atomic mass is 35.5. The molecule has 3 rings (SSSR count). The van der Waals surface area contributed by atoms with Crippen LogP contribution in [0.5, 0.6) is 0 Å². The van der Waals surface area contributed by atoms with Gasteiger partial charge in [-0.05, 0) is 49.2 Å². The first kappa shape index (κ1) is 16.3. The summed E-state index contributed by atoms with van der Waals surface area (Å²) in [6, 6.07) is 11.9. The maximum Gasteiger partial charge on any atom is 0.196 e. The van der Waals surface area contributed by atoms with Crippen molar-refractivity contribution in [2.45, 2.75) is 24.8 Å². The van der Waals surface area contributed by atoms with E-state index in [1.165, 1.54) is 5.56 Å². The van der Waals surface area contributed by atoms with Crippen molar-refractivity contribution in [2.75, 3.05) is 0 Å². The Morgan fingerprint density at radius 2 is 1.78 bits per heavy atom. The Bertz CT molecular complexity index is 828. The molecule has 0 bridgehead atoms. The van der Waals surface area contributed by atoms with Crippen LogP contribution in [0.15, 0.2) is 41.6 Å². The summed E-state index contributed by atoms with van der Waals surface area (Å²) in [6.07, 6.45) is 0. The van der Waals surface area contributed by atoms with Gasteiger partial charge in [0.2, 0.25) is 0 Å². The van der Waals surface area contributed by atoms with Gasteiger partial charge in [0.05, 0.1) is 0 Å². The molecular formula is C16H14Cl2N4S. The monoisotopic (exact) mass is 364 g/mol. The number of aromatic nitrogens is 4. The largest absolute Gasteiger partial charge is 0.274 e. The molecule has 4 nitrogen and oxygen atoms in total. The predicted molar refractivity (Wildman–Crippen MR) is 94.7 cm³/mol. The van der Waals surface area contributed by atoms with Gasteiger partial charge in [0.15, 0.2) is 5.16 Å². The summed E-state index contributed by atoms with van der Waals surface area (Å²) in [5, 5.41) is 10.1. The van der Waals surface area contributed by atoms with E-state index < -0.39 is 0 Å². The van der Waals surface area contributed by atoms with Crippen LogP contribution in [-0.4, -0.2) is 19.7 Å². The molecule has 0 amide bonds. The SMILES string of the molecule is Cc1cccc(-n2c(C)nnc2SCc2cc(Cl)nc(Cl)c2)c1. The average Bonchev–Trinajstić information content (AvgIpc) is 2.85. The molecule has 0 saturated carbocycles. The van der Waals surface area contributed by atoms with Crippen LogP contribution in [0, 0.1) is 13.8 Å². The number of pyridine rings is 1. The van der Waals surface area contributed by atoms with Crippen LogP contribution >= 0.6 is 35.0 Å². The lowest BCUT2D eigenvalue weighted by Crippen LogP contribution is -1.99. The van der Waals surface area contributed by atoms with Crippen molar-refractivity contribution < 1.29 is 0 Å². The van der Waals surface area contributed by atoms with E-state index in [1.54, 1.807) is 23.9 Å². The summed E-state index contributed by atoms with van der Waals surface area (Å²) in [5.41, 5.74) is 3.25. The molecule has 0 aliphatic carbocycles. The van der Waals surface area contributed by atoms with Gasteiger partial charge in [0.25, 0.3) is 0 Å². The molecule has 2 aromatic heterocycles. The number of halogens is 2. The quantitative estimate of drug-likeness (QED) is 0.488. The molecule has 1 aromatic carbocycles. The van der Waals surface area contributed by atoms with E-state index in [2.05, 4.69) is 34.2 Å². The maximum atomic E-state index is 5.94. The third-order valence-electron chi connectivity index (χ3n) is 3.25. The third-order valence-corrected chi connectivity index (χ3v) is 4.63. The Morgan fingerprint density at radius 1 is 1.04 bits per heavy atom. The number of benzene rings is 1. The second-order valence-electron chi connectivity index (χ2n) is 5.11. The van der Waals surface area contributed by atoms with E-state index in [0.717, 1.165) is 22.2 Å². The number of thioether (sulfide) groups is 1. The molecule has 118 valence electrons. The van der Waals surface area contributed by atoms with Crippen LogP contribution < -0.4 is 0 Å². The van der Waals surface area contributed by atoms with Crippen molar-refractivity contribution in [3.05, 3.63) is 63.7 Å². The summed E-state index contributed by atoms with van der Waals surface area (Å²) >= 11 is 13.5. The summed E-state index contributed by atoms with van der Waals surface area (Å²) < 4.78 is 2.04. The minimum Gasteiger partial charge on any atom is -0.274 e. The van der Waals surface area contributed by atoms with Crippen LogP contribution in [0.4, 0.5) is 0 Å². The zero-order chi connectivity index (χ0) is 16.4. The second kappa shape index (κ2) is 6.91. The van der Waals surface area contributed by atoms with Gasteiger partial charge >= 0.3 is 0 Å². The van der Waals surface area contributed by atoms with Gasteiger partial charge in [-0.3, -0.25) is 4.57 Å². The van der Waals surface area contributed by atoms with Crippen LogP contribution in [0.2, 0.25) is 10.3 Å². The Labute approximate surface area is 148 Å². The molecule has 3 aromatic rings. The zero-order valence-corrected chi connectivity index (χ0v) is 15.0. The molecule has 2 heterocycles. The molecule has 0 aliphatic rings. The fourth-order valence-electron chi connectivity index (χ4n) is 2.25. The van der Waals surface area contributed by atoms with Crippen molar-refractivity contribution >= 4 is 35.0 Å². The number of rotatable bonds is 4. The predicted octanol–water partition coefficient (Wildman–Crippen LogP) is 4.88. The Hall–Kier alpha value is -1.56. The molecule has 0 unspecified atom stereocenters. The van der Waals surface area contributed by atoms with E-state index in [4.69, 9.17) is 23.2 Å². The molecule has 0 atom stereocenters. The standard InChI is InChI=1S/C16H14Cl2N4S/c1-10-4-3-5-13(6-10)22-11(2)20-21-16(22)23-9-12-7-14(17)19-15(18)8-12/h3-8H,9H2,1-2H3. The number of nitrogens with zero attached hydrogens (tertiary/aromatic N) is 4. The lowest BCUT2D eigenvalue weighted by Gasteiger charge is -2.09. The molecule has 0 spiro atoms. The zero-order valence-electron chi connectivity index (χ0n) is 12.6. The molecule has 0 aliphatic heterocycles. The Balaban J connectivity index is 1.87. The van der Waals surface area contributed by atoms with E-state index in [-0.39, 0.29) is 0 Å². The van der Waals surface area contributed by atoms with Gasteiger partial charge in [-0.1, -0.05) is 47.1 Å². The van der Waals surface area contributed by atoms with Gasteiger partial charge in [0, 0.05) is 11.4 Å². The first-order valence-corrected chi connectivity index (χ1v) is 8.71. The highest BCUT2D eigenvalue weighted by molar-refractivity contribution is 7.98. The summed E-state index contributed by atoms with van der Waals surface area (Å²) in [5.74, 6) is 1.54. The van der Waals surface area contributed by atoms with Crippen LogP contribution in [0.1, 0.15) is 17.0 Å². The molecule has 0 fully saturated rings. The molecule has 7 heteroatoms. The highest BCUT2D eigenvalue weighted by Crippen LogP contribution is 2.27. The molecule has 0 radical (unpaired) electrons. The number of aryl methyl sites for hydroxylation is 2. The van der Waals surface area contributed by atoms with E-state index in [1.807, 2.05) is 23.6 Å². The van der Waals surface area contributed by atoms with Crippen molar-refractivity contribution in [1.29, 1.82) is 0 Å². The van der Waals surface area contributed by atoms with Gasteiger partial charge in [-0.2, -0.15) is 0 Å². The fourth-order valence-corrected chi connectivity index (χ4v) is 3.68. The summed E-state index contributed by atoms with van der Waals surface area (Å²) in [7, 11) is 0. The van der Waals surface area contributed by atoms with Gasteiger partial charge in [-0.25, -0.2) is 4.98 Å². The smallest absolute Gasteiger partial charge is 0.196 e. The fraction of sp³-hybridized carbons (Fsp3) is 0.188. The minimum absolute atomic E-state index is 0.393. The molecule has 0 saturated heterocycles. The lowest BCUT2D eigenvalue weighted by molar-refractivity contribution is 0.867. The van der Waals surface area contributed by atoms with Crippen molar-refractivity contribution in [3.63, 3.8) is 0 Å². The summed E-state index contributed by atoms with van der Waals surface area (Å²) in [6.45, 7) is 4.01. The normalized spacial score (nSPS) is 11.0. The van der Waals surface area contributed by atoms with Crippen LogP contribution in [-0.2, 0) is 5.75 Å². The van der Waals surface area contributed by atoms with Gasteiger partial charge < -0.3 is 0 Å². The third kappa shape index (κ3) is 3.86. The van der Waals surface area contributed by atoms with Crippen LogP contribution in [0.3, 0.4) is 0 Å². The maximum absolute atomic E-state index is 5.94. The van der Waals surface area contributed by atoms with Crippen molar-refractivity contribution in [3.8, 4) is 5.69 Å². The second-order valence-corrected chi connectivity index (χ2v) is 6.83. The van der Waals surface area contributed by atoms with Gasteiger partial charge in [0.1, 0.15) is 16.1 Å². The molecule has 0 N–H and O–H groups in total. The topological polar surface area (TPSA) is 43.6 Å².